The Morgan fingerprint density at radius 1 is 1.43 bits per heavy atom. The molecule has 112 valence electrons. The fourth-order valence-corrected chi connectivity index (χ4v) is 1.85. The molecule has 2 rings (SSSR count). The van der Waals surface area contributed by atoms with Crippen LogP contribution in [0.2, 0.25) is 0 Å². The molecule has 3 N–H and O–H groups in total. The number of anilines is 1. The minimum atomic E-state index is -0.144. The Labute approximate surface area is 123 Å². The van der Waals surface area contributed by atoms with E-state index in [1.165, 1.54) is 0 Å². The number of hydrogen-bond acceptors (Lipinski definition) is 5. The second-order valence-corrected chi connectivity index (χ2v) is 5.35. The van der Waals surface area contributed by atoms with Crippen LogP contribution in [0, 0.1) is 12.8 Å². The molecule has 0 aliphatic rings. The minimum Gasteiger partial charge on any atom is -0.327 e. The molecule has 7 heteroatoms. The molecule has 21 heavy (non-hydrogen) atoms. The van der Waals surface area contributed by atoms with Crippen molar-refractivity contribution in [2.24, 2.45) is 11.7 Å². The van der Waals surface area contributed by atoms with Crippen LogP contribution in [0.25, 0.3) is 5.69 Å². The van der Waals surface area contributed by atoms with Gasteiger partial charge in [-0.1, -0.05) is 19.9 Å². The number of rotatable bonds is 5. The molecule has 1 heterocycles. The first-order chi connectivity index (χ1) is 9.97. The zero-order chi connectivity index (χ0) is 15.4. The molecule has 2 aromatic rings. The maximum Gasteiger partial charge on any atom is 0.225 e. The highest BCUT2D eigenvalue weighted by Gasteiger charge is 2.13. The van der Waals surface area contributed by atoms with E-state index >= 15 is 0 Å². The van der Waals surface area contributed by atoms with Crippen LogP contribution in [0.1, 0.15) is 26.1 Å². The van der Waals surface area contributed by atoms with E-state index in [1.54, 1.807) is 4.68 Å². The summed E-state index contributed by atoms with van der Waals surface area (Å²) in [4.78, 5) is 12.0. The lowest BCUT2D eigenvalue weighted by atomic mass is 10.0. The highest BCUT2D eigenvalue weighted by atomic mass is 16.1. The smallest absolute Gasteiger partial charge is 0.225 e. The average Bonchev–Trinajstić information content (AvgIpc) is 2.85. The Balaban J connectivity index is 2.08. The fourth-order valence-electron chi connectivity index (χ4n) is 1.85. The fraction of sp³-hybridized carbons (Fsp3) is 0.429. The first kappa shape index (κ1) is 15.1. The molecule has 0 bridgehead atoms. The highest BCUT2D eigenvalue weighted by molar-refractivity contribution is 5.91. The van der Waals surface area contributed by atoms with Gasteiger partial charge in [0.1, 0.15) is 0 Å². The molecule has 0 saturated carbocycles. The summed E-state index contributed by atoms with van der Waals surface area (Å²) in [5, 5.41) is 14.2. The molecule has 0 spiro atoms. The molecule has 1 atom stereocenters. The third-order valence-electron chi connectivity index (χ3n) is 3.28. The van der Waals surface area contributed by atoms with E-state index < -0.39 is 0 Å². The summed E-state index contributed by atoms with van der Waals surface area (Å²) in [6.07, 6.45) is 0.297. The van der Waals surface area contributed by atoms with Gasteiger partial charge in [0.25, 0.3) is 0 Å². The molecule has 0 aliphatic carbocycles. The number of nitrogens with two attached hydrogens (primary N) is 1. The van der Waals surface area contributed by atoms with Gasteiger partial charge in [-0.05, 0) is 41.5 Å². The van der Waals surface area contributed by atoms with Gasteiger partial charge < -0.3 is 11.1 Å². The van der Waals surface area contributed by atoms with Crippen LogP contribution in [0.5, 0.6) is 0 Å². The first-order valence-corrected chi connectivity index (χ1v) is 6.88. The third kappa shape index (κ3) is 3.85. The number of aromatic nitrogens is 4. The number of aryl methyl sites for hydroxylation is 1. The van der Waals surface area contributed by atoms with Gasteiger partial charge in [-0.2, -0.15) is 4.68 Å². The summed E-state index contributed by atoms with van der Waals surface area (Å²) in [5.41, 5.74) is 7.40. The van der Waals surface area contributed by atoms with E-state index in [0.29, 0.717) is 17.9 Å². The Kier molecular flexibility index (Phi) is 4.64. The summed E-state index contributed by atoms with van der Waals surface area (Å²) < 4.78 is 1.61. The molecular formula is C14H20N6O. The van der Waals surface area contributed by atoms with Crippen molar-refractivity contribution in [2.45, 2.75) is 33.2 Å². The van der Waals surface area contributed by atoms with Crippen molar-refractivity contribution >= 4 is 11.6 Å². The van der Waals surface area contributed by atoms with E-state index in [0.717, 1.165) is 5.69 Å². The summed E-state index contributed by atoms with van der Waals surface area (Å²) in [6.45, 7) is 5.81. The maximum absolute atomic E-state index is 12.0. The van der Waals surface area contributed by atoms with Gasteiger partial charge in [-0.25, -0.2) is 0 Å². The Morgan fingerprint density at radius 3 is 2.81 bits per heavy atom. The van der Waals surface area contributed by atoms with Crippen molar-refractivity contribution in [3.8, 4) is 5.69 Å². The first-order valence-electron chi connectivity index (χ1n) is 6.88. The number of nitrogens with one attached hydrogen (secondary N) is 1. The number of nitrogens with zero attached hydrogens (tertiary/aromatic N) is 4. The standard InChI is InChI=1S/C14H20N6O/c1-9(2)13(15)8-14(21)16-11-5-4-6-12(7-11)20-10(3)17-18-19-20/h4-7,9,13H,8,15H2,1-3H3,(H,16,21). The van der Waals surface area contributed by atoms with E-state index in [4.69, 9.17) is 5.73 Å². The molecule has 1 aromatic heterocycles. The van der Waals surface area contributed by atoms with Gasteiger partial charge in [0.2, 0.25) is 5.91 Å². The number of benzene rings is 1. The number of carbonyl (C=O) groups excluding carboxylic acids is 1. The van der Waals surface area contributed by atoms with Crippen molar-refractivity contribution < 1.29 is 4.79 Å². The normalized spacial score (nSPS) is 12.4. The number of carbonyl (C=O) groups is 1. The molecule has 1 unspecified atom stereocenters. The minimum absolute atomic E-state index is 0.0956. The second-order valence-electron chi connectivity index (χ2n) is 5.35. The molecule has 0 fully saturated rings. The van der Waals surface area contributed by atoms with Crippen molar-refractivity contribution in [2.75, 3.05) is 5.32 Å². The summed E-state index contributed by atoms with van der Waals surface area (Å²) in [7, 11) is 0. The summed E-state index contributed by atoms with van der Waals surface area (Å²) in [6, 6.07) is 7.22. The lowest BCUT2D eigenvalue weighted by Gasteiger charge is -2.15. The predicted octanol–water partition coefficient (Wildman–Crippen LogP) is 1.28. The van der Waals surface area contributed by atoms with Crippen molar-refractivity contribution in [1.29, 1.82) is 0 Å². The van der Waals surface area contributed by atoms with Crippen LogP contribution in [0.15, 0.2) is 24.3 Å². The second kappa shape index (κ2) is 6.45. The van der Waals surface area contributed by atoms with Crippen LogP contribution in [0.4, 0.5) is 5.69 Å². The summed E-state index contributed by atoms with van der Waals surface area (Å²) in [5.74, 6) is 0.855. The maximum atomic E-state index is 12.0. The van der Waals surface area contributed by atoms with Gasteiger partial charge in [0, 0.05) is 18.2 Å². The van der Waals surface area contributed by atoms with Crippen LogP contribution in [-0.2, 0) is 4.79 Å². The van der Waals surface area contributed by atoms with E-state index in [2.05, 4.69) is 20.8 Å². The number of hydrogen-bond donors (Lipinski definition) is 2. The van der Waals surface area contributed by atoms with Crippen LogP contribution in [0.3, 0.4) is 0 Å². The van der Waals surface area contributed by atoms with Gasteiger partial charge in [-0.3, -0.25) is 4.79 Å². The van der Waals surface area contributed by atoms with Crippen LogP contribution < -0.4 is 11.1 Å². The highest BCUT2D eigenvalue weighted by Crippen LogP contribution is 2.15. The zero-order valence-electron chi connectivity index (χ0n) is 12.4. The van der Waals surface area contributed by atoms with Crippen LogP contribution >= 0.6 is 0 Å². The van der Waals surface area contributed by atoms with Gasteiger partial charge in [0.05, 0.1) is 5.69 Å². The van der Waals surface area contributed by atoms with Gasteiger partial charge in [-0.15, -0.1) is 5.10 Å². The molecule has 1 aromatic carbocycles. The average molecular weight is 288 g/mol. The predicted molar refractivity (Wildman–Crippen MR) is 80.0 cm³/mol. The largest absolute Gasteiger partial charge is 0.327 e. The van der Waals surface area contributed by atoms with Crippen molar-refractivity contribution in [3.63, 3.8) is 0 Å². The quantitative estimate of drug-likeness (QED) is 0.863. The van der Waals surface area contributed by atoms with Gasteiger partial charge in [0.15, 0.2) is 5.82 Å². The third-order valence-corrected chi connectivity index (χ3v) is 3.28. The van der Waals surface area contributed by atoms with Crippen molar-refractivity contribution in [1.82, 2.24) is 20.2 Å². The lowest BCUT2D eigenvalue weighted by molar-refractivity contribution is -0.116. The molecule has 0 saturated heterocycles. The molecular weight excluding hydrogens is 268 g/mol. The molecule has 1 amide bonds. The molecule has 0 aliphatic heterocycles. The van der Waals surface area contributed by atoms with Crippen LogP contribution in [-0.4, -0.2) is 32.2 Å². The zero-order valence-corrected chi connectivity index (χ0v) is 12.4. The Bertz CT molecular complexity index is 621. The monoisotopic (exact) mass is 288 g/mol. The van der Waals surface area contributed by atoms with E-state index in [-0.39, 0.29) is 17.9 Å². The van der Waals surface area contributed by atoms with E-state index in [1.807, 2.05) is 45.0 Å². The molecule has 0 radical (unpaired) electrons. The van der Waals surface area contributed by atoms with E-state index in [9.17, 15) is 4.79 Å². The number of amides is 1. The Hall–Kier alpha value is -2.28. The Morgan fingerprint density at radius 2 is 2.19 bits per heavy atom. The molecule has 7 nitrogen and oxygen atoms in total. The van der Waals surface area contributed by atoms with Crippen molar-refractivity contribution in [3.05, 3.63) is 30.1 Å². The lowest BCUT2D eigenvalue weighted by Crippen LogP contribution is -2.31. The topological polar surface area (TPSA) is 98.7 Å². The number of tetrazole rings is 1. The summed E-state index contributed by atoms with van der Waals surface area (Å²) >= 11 is 0. The SMILES string of the molecule is Cc1nnnn1-c1cccc(NC(=O)CC(N)C(C)C)c1. The van der Waals surface area contributed by atoms with Gasteiger partial charge >= 0.3 is 0 Å².